The van der Waals surface area contributed by atoms with Gasteiger partial charge in [-0.05, 0) is 103 Å². The first-order chi connectivity index (χ1) is 26.0. The first-order valence-corrected chi connectivity index (χ1v) is 20.0. The van der Waals surface area contributed by atoms with Gasteiger partial charge in [0.15, 0.2) is 5.78 Å². The van der Waals surface area contributed by atoms with Gasteiger partial charge >= 0.3 is 14.1 Å². The summed E-state index contributed by atoms with van der Waals surface area (Å²) in [4.78, 5) is 30.9. The molecule has 2 N–H and O–H groups in total. The Morgan fingerprint density at radius 3 is 1.61 bits per heavy atom. The number of aromatic nitrogens is 2. The van der Waals surface area contributed by atoms with Gasteiger partial charge in [0.05, 0.1) is 23.5 Å². The number of halogens is 3. The molecule has 4 aliphatic rings. The molecule has 2 aromatic carbocycles. The van der Waals surface area contributed by atoms with E-state index in [1.54, 1.807) is 19.9 Å². The molecule has 14 heteroatoms. The average Bonchev–Trinajstić information content (AvgIpc) is 3.39. The normalized spacial score (nSPS) is 20.4. The van der Waals surface area contributed by atoms with Crippen LogP contribution >= 0.6 is 39.1 Å². The van der Waals surface area contributed by atoms with E-state index >= 15 is 0 Å². The Hall–Kier alpha value is -3.16. The Labute approximate surface area is 336 Å². The summed E-state index contributed by atoms with van der Waals surface area (Å²) in [5.41, 5.74) is 9.01. The second-order valence-electron chi connectivity index (χ2n) is 14.2. The van der Waals surface area contributed by atoms with Crippen LogP contribution < -0.4 is 0 Å². The predicted octanol–water partition coefficient (Wildman–Crippen LogP) is 6.75. The molecular weight excluding hydrogens is 785 g/mol. The molecule has 2 atom stereocenters. The molecule has 8 rings (SSSR count). The summed E-state index contributed by atoms with van der Waals surface area (Å²) < 4.78 is 1.02. The van der Waals surface area contributed by atoms with Crippen LogP contribution in [0.5, 0.6) is 0 Å². The van der Waals surface area contributed by atoms with Crippen LogP contribution in [0.3, 0.4) is 0 Å². The van der Waals surface area contributed by atoms with Gasteiger partial charge in [0.2, 0.25) is 0 Å². The van der Waals surface area contributed by atoms with E-state index in [0.717, 1.165) is 101 Å². The summed E-state index contributed by atoms with van der Waals surface area (Å²) in [5, 5.41) is 21.1. The van der Waals surface area contributed by atoms with Crippen molar-refractivity contribution in [2.45, 2.75) is 32.7 Å². The molecule has 2 aromatic heterocycles. The second kappa shape index (κ2) is 16.9. The number of nitrogens with zero attached hydrogens (tertiary/aromatic N) is 6. The lowest BCUT2D eigenvalue weighted by molar-refractivity contribution is -0.111. The fraction of sp³-hybridized carbons (Fsp3) is 0.325. The Morgan fingerprint density at radius 2 is 1.15 bits per heavy atom. The van der Waals surface area contributed by atoms with Crippen LogP contribution in [-0.4, -0.2) is 112 Å². The highest BCUT2D eigenvalue weighted by atomic mass is 79.9. The van der Waals surface area contributed by atoms with Gasteiger partial charge in [-0.15, -0.1) is 0 Å². The number of piperazine rings is 2. The zero-order valence-electron chi connectivity index (χ0n) is 30.7. The van der Waals surface area contributed by atoms with E-state index in [0.29, 0.717) is 10.6 Å². The minimum absolute atomic E-state index is 0.0119. The molecule has 0 radical (unpaired) electrons. The van der Waals surface area contributed by atoms with E-state index in [4.69, 9.17) is 33.2 Å². The largest absolute Gasteiger partial charge is 0.437 e. The van der Waals surface area contributed by atoms with Gasteiger partial charge in [0.1, 0.15) is 0 Å². The molecule has 54 heavy (non-hydrogen) atoms. The zero-order valence-corrected chi connectivity index (χ0v) is 33.8. The van der Waals surface area contributed by atoms with Gasteiger partial charge in [-0.1, -0.05) is 63.4 Å². The molecule has 2 unspecified atom stereocenters. The zero-order chi connectivity index (χ0) is 38.1. The van der Waals surface area contributed by atoms with Crippen molar-refractivity contribution >= 4 is 81.2 Å². The van der Waals surface area contributed by atoms with Crippen LogP contribution in [0.4, 0.5) is 0 Å². The monoisotopic (exact) mass is 826 g/mol. The van der Waals surface area contributed by atoms with E-state index in [1.807, 2.05) is 67.6 Å². The average molecular weight is 828 g/mol. The van der Waals surface area contributed by atoms with E-state index in [-0.39, 0.29) is 17.9 Å². The smallest absolute Gasteiger partial charge is 0.376 e. The number of ketones is 1. The molecule has 0 amide bonds. The summed E-state index contributed by atoms with van der Waals surface area (Å²) in [6.45, 7) is 11.9. The molecule has 9 nitrogen and oxygen atoms in total. The fourth-order valence-corrected chi connectivity index (χ4v) is 8.98. The summed E-state index contributed by atoms with van der Waals surface area (Å²) in [6, 6.07) is 19.9. The molecule has 2 aliphatic carbocycles. The van der Waals surface area contributed by atoms with Gasteiger partial charge in [0.25, 0.3) is 0 Å². The number of hydrogen-bond acceptors (Lipinski definition) is 9. The van der Waals surface area contributed by atoms with Gasteiger partial charge in [0, 0.05) is 84.9 Å². The summed E-state index contributed by atoms with van der Waals surface area (Å²) in [6.07, 6.45) is 7.73. The highest BCUT2D eigenvalue weighted by Gasteiger charge is 2.35. The Balaban J connectivity index is 0.000000167. The van der Waals surface area contributed by atoms with E-state index < -0.39 is 14.1 Å². The number of benzene rings is 2. The number of carbonyl (C=O) groups excluding carboxylic acids is 1. The number of pyridine rings is 2. The number of allylic oxidation sites excluding steroid dienone is 1. The van der Waals surface area contributed by atoms with Gasteiger partial charge in [-0.25, -0.2) is 0 Å². The fourth-order valence-electron chi connectivity index (χ4n) is 8.05. The maximum atomic E-state index is 12.5. The number of carbonyl (C=O) groups is 1. The summed E-state index contributed by atoms with van der Waals surface area (Å²) >= 11 is 16.3. The number of Topliss-reactive ketones (excluding diaryl/α,β-unsaturated/α-hetero) is 1. The van der Waals surface area contributed by atoms with Gasteiger partial charge < -0.3 is 19.7 Å². The van der Waals surface area contributed by atoms with Crippen molar-refractivity contribution in [2.75, 3.05) is 52.4 Å². The van der Waals surface area contributed by atoms with Crippen LogP contribution in [0, 0.1) is 0 Å². The minimum atomic E-state index is -0.446. The van der Waals surface area contributed by atoms with Crippen LogP contribution in [-0.2, 0) is 4.79 Å². The number of hydrogen-bond donors (Lipinski definition) is 2. The third-order valence-corrected chi connectivity index (χ3v) is 12.0. The van der Waals surface area contributed by atoms with Crippen molar-refractivity contribution in [2.24, 2.45) is 0 Å². The second-order valence-corrected chi connectivity index (χ2v) is 16.0. The molecule has 4 heterocycles. The van der Waals surface area contributed by atoms with E-state index in [9.17, 15) is 14.8 Å². The topological polar surface area (TPSA) is 96.3 Å². The third kappa shape index (κ3) is 8.19. The van der Waals surface area contributed by atoms with Crippen molar-refractivity contribution < 1.29 is 14.8 Å². The maximum absolute atomic E-state index is 12.5. The van der Waals surface area contributed by atoms with Gasteiger partial charge in [-0.2, -0.15) is 0 Å². The third-order valence-electron chi connectivity index (χ3n) is 10.9. The van der Waals surface area contributed by atoms with Crippen LogP contribution in [0.15, 0.2) is 73.1 Å². The van der Waals surface area contributed by atoms with Crippen molar-refractivity contribution in [3.8, 4) is 0 Å². The Morgan fingerprint density at radius 1 is 0.704 bits per heavy atom. The molecule has 4 aromatic rings. The van der Waals surface area contributed by atoms with Crippen LogP contribution in [0.1, 0.15) is 63.8 Å². The lowest BCUT2D eigenvalue weighted by Crippen LogP contribution is -2.52. The van der Waals surface area contributed by atoms with Crippen LogP contribution in [0.2, 0.25) is 23.7 Å². The number of rotatable bonds is 5. The van der Waals surface area contributed by atoms with E-state index in [1.165, 1.54) is 5.56 Å². The van der Waals surface area contributed by atoms with Crippen molar-refractivity contribution in [3.63, 3.8) is 0 Å². The molecule has 0 bridgehead atoms. The quantitative estimate of drug-likeness (QED) is 0.212. The first-order valence-electron chi connectivity index (χ1n) is 18.4. The summed E-state index contributed by atoms with van der Waals surface area (Å²) in [5.74, 6) is 0.0119. The maximum Gasteiger partial charge on any atom is 0.376 e. The minimum Gasteiger partial charge on any atom is -0.437 e. The van der Waals surface area contributed by atoms with Crippen LogP contribution in [0.25, 0.3) is 22.2 Å². The lowest BCUT2D eigenvalue weighted by Gasteiger charge is -2.40. The molecule has 0 saturated carbocycles. The van der Waals surface area contributed by atoms with E-state index in [2.05, 4.69) is 53.6 Å². The Kier molecular flexibility index (Phi) is 12.2. The highest BCUT2D eigenvalue weighted by Crippen LogP contribution is 2.43. The summed E-state index contributed by atoms with van der Waals surface area (Å²) in [7, 11) is -0.850. The molecule has 278 valence electrons. The van der Waals surface area contributed by atoms with Gasteiger partial charge in [-0.3, -0.25) is 24.6 Å². The molecule has 2 aliphatic heterocycles. The number of fused-ring (bicyclic) bond motifs is 4. The van der Waals surface area contributed by atoms with Crippen molar-refractivity contribution in [1.82, 2.24) is 29.4 Å². The molecular formula is C40H43B2BrCl2N6O3. The Bertz CT molecular complexity index is 2090. The van der Waals surface area contributed by atoms with Crippen molar-refractivity contribution in [3.05, 3.63) is 128 Å². The van der Waals surface area contributed by atoms with Crippen molar-refractivity contribution in [1.29, 1.82) is 0 Å². The molecule has 2 saturated heterocycles. The first kappa shape index (κ1) is 39.1. The molecule has 0 spiro atoms. The lowest BCUT2D eigenvalue weighted by atomic mass is 9.84. The predicted molar refractivity (Wildman–Crippen MR) is 224 cm³/mol. The standard InChI is InChI=1S/C21H23BClN3O2.C19H20BBrClN3O/c1-14(27)18-12-15-4-3-7-24-20(15)21(17-6-5-16(23)13-19(17)18)25-8-10-26(11-9-25)22(2)28;1-20(26)25-9-7-24(8-10-25)19-15-5-4-14(22)12-16(15)17(21)11-13-3-2-6-23-18(13)19/h3-7,12-13,21,28H,8-11H2,1-2H3;2-6,11-12,19,26H,7-10H2,1H3. The highest BCUT2D eigenvalue weighted by molar-refractivity contribution is 9.15. The SMILES string of the molecule is CB(O)N1CCN(C2c3ccc(Cl)cc3C(Br)=Cc3cccnc32)CC1.CB(O)N1CCN(C2c3ccc(Cl)cc3C(C(C)=O)=Cc3cccnc32)CC1. The molecule has 2 fully saturated rings.